The Morgan fingerprint density at radius 3 is 1.93 bits per heavy atom. The maximum absolute atomic E-state index is 5.47. The van der Waals surface area contributed by atoms with Gasteiger partial charge in [-0.3, -0.25) is 0 Å². The first kappa shape index (κ1) is 15.4. The van der Waals surface area contributed by atoms with Gasteiger partial charge in [0, 0.05) is 23.2 Å². The Labute approximate surface area is 116 Å². The van der Waals surface area contributed by atoms with Gasteiger partial charge in [-0.1, -0.05) is 28.1 Å². The van der Waals surface area contributed by atoms with E-state index < -0.39 is 0 Å². The summed E-state index contributed by atoms with van der Waals surface area (Å²) in [6, 6.07) is 7.97. The van der Waals surface area contributed by atoms with E-state index in [0.29, 0.717) is 13.2 Å². The average Bonchev–Trinajstić information content (AvgIpc) is 2.19. The molecule has 0 aromatic heterocycles. The summed E-state index contributed by atoms with van der Waals surface area (Å²) < 4.78 is 12.0. The maximum Gasteiger partial charge on any atom is 0.316 e. The average molecular weight is 285 g/mol. The van der Waals surface area contributed by atoms with Crippen LogP contribution < -0.4 is 0 Å². The van der Waals surface area contributed by atoms with Gasteiger partial charge in [0.2, 0.25) is 0 Å². The van der Waals surface area contributed by atoms with Crippen LogP contribution in [0.2, 0.25) is 0 Å². The number of halogens is 1. The van der Waals surface area contributed by atoms with Crippen molar-refractivity contribution in [1.82, 2.24) is 0 Å². The second kappa shape index (κ2) is 8.53. The maximum atomic E-state index is 5.47. The molecule has 1 aromatic carbocycles. The molecule has 15 heavy (non-hydrogen) atoms. The Morgan fingerprint density at radius 2 is 1.53 bits per heavy atom. The molecule has 0 saturated carbocycles. The Hall–Kier alpha value is 0.386. The molecule has 1 rings (SSSR count). The van der Waals surface area contributed by atoms with Gasteiger partial charge in [-0.25, -0.2) is 0 Å². The number of benzene rings is 1. The summed E-state index contributed by atoms with van der Waals surface area (Å²) in [4.78, 5) is 0. The fourth-order valence-corrected chi connectivity index (χ4v) is 1.43. The van der Waals surface area contributed by atoms with Gasteiger partial charge in [0.1, 0.15) is 0 Å². The van der Waals surface area contributed by atoms with Crippen molar-refractivity contribution in [3.8, 4) is 0 Å². The largest absolute Gasteiger partial charge is 0.349 e. The molecular formula is C11H17BrMgO2. The minimum Gasteiger partial charge on any atom is -0.349 e. The molecule has 0 N–H and O–H groups in total. The van der Waals surface area contributed by atoms with Crippen molar-refractivity contribution in [3.05, 3.63) is 34.3 Å². The third-order valence-corrected chi connectivity index (χ3v) is 2.31. The van der Waals surface area contributed by atoms with Crippen molar-refractivity contribution >= 4 is 39.0 Å². The van der Waals surface area contributed by atoms with E-state index in [2.05, 4.69) is 15.9 Å². The summed E-state index contributed by atoms with van der Waals surface area (Å²) in [6.45, 7) is 5.23. The molecule has 2 nitrogen and oxygen atoms in total. The van der Waals surface area contributed by atoms with Crippen molar-refractivity contribution < 1.29 is 9.47 Å². The molecular weight excluding hydrogens is 268 g/mol. The van der Waals surface area contributed by atoms with Crippen LogP contribution in [0.5, 0.6) is 0 Å². The molecule has 0 aliphatic carbocycles. The van der Waals surface area contributed by atoms with Crippen LogP contribution in [0.25, 0.3) is 0 Å². The normalized spacial score (nSPS) is 10.1. The van der Waals surface area contributed by atoms with E-state index in [4.69, 9.17) is 9.47 Å². The Balaban J connectivity index is 0.00000196. The minimum atomic E-state index is -0.238. The van der Waals surface area contributed by atoms with Crippen LogP contribution in [0.1, 0.15) is 25.7 Å². The molecule has 0 spiro atoms. The van der Waals surface area contributed by atoms with Crippen LogP contribution in [0.15, 0.2) is 28.7 Å². The Kier molecular flexibility index (Phi) is 8.75. The van der Waals surface area contributed by atoms with Crippen molar-refractivity contribution in [1.29, 1.82) is 0 Å². The molecule has 0 heterocycles. The predicted octanol–water partition coefficient (Wildman–Crippen LogP) is 2.60. The van der Waals surface area contributed by atoms with Gasteiger partial charge < -0.3 is 9.47 Å². The van der Waals surface area contributed by atoms with Crippen molar-refractivity contribution in [2.75, 3.05) is 13.2 Å². The molecule has 0 fully saturated rings. The van der Waals surface area contributed by atoms with Gasteiger partial charge in [0.05, 0.1) is 0 Å². The highest BCUT2D eigenvalue weighted by Gasteiger charge is 2.09. The number of hydrogen-bond donors (Lipinski definition) is 0. The zero-order chi connectivity index (χ0) is 10.4. The van der Waals surface area contributed by atoms with E-state index in [1.165, 1.54) is 0 Å². The summed E-state index contributed by atoms with van der Waals surface area (Å²) in [7, 11) is 0. The van der Waals surface area contributed by atoms with Crippen molar-refractivity contribution in [3.63, 3.8) is 0 Å². The van der Waals surface area contributed by atoms with Gasteiger partial charge in [-0.15, -0.1) is 0 Å². The van der Waals surface area contributed by atoms with Gasteiger partial charge in [-0.2, -0.15) is 0 Å². The van der Waals surface area contributed by atoms with Crippen LogP contribution in [0.4, 0.5) is 0 Å². The van der Waals surface area contributed by atoms with Crippen molar-refractivity contribution in [2.45, 2.75) is 20.1 Å². The lowest BCUT2D eigenvalue weighted by molar-refractivity contribution is -0.140. The molecule has 82 valence electrons. The summed E-state index contributed by atoms with van der Waals surface area (Å²) in [5.74, 6) is 0. The topological polar surface area (TPSA) is 18.5 Å². The zero-order valence-corrected chi connectivity index (χ0v) is 10.1. The first-order chi connectivity index (χ1) is 6.77. The van der Waals surface area contributed by atoms with E-state index in [9.17, 15) is 0 Å². The highest BCUT2D eigenvalue weighted by Crippen LogP contribution is 2.20. The molecule has 0 amide bonds. The number of ether oxygens (including phenoxy) is 2. The molecule has 1 aromatic rings. The Bertz CT molecular complexity index is 258. The molecule has 0 radical (unpaired) electrons. The molecule has 0 aliphatic heterocycles. The van der Waals surface area contributed by atoms with Crippen molar-refractivity contribution in [2.24, 2.45) is 0 Å². The molecule has 0 unspecified atom stereocenters. The quantitative estimate of drug-likeness (QED) is 0.611. The lowest BCUT2D eigenvalue weighted by Crippen LogP contribution is -2.08. The predicted molar refractivity (Wildman–Crippen MR) is 68.7 cm³/mol. The molecule has 0 aliphatic rings. The van der Waals surface area contributed by atoms with Crippen LogP contribution in [-0.2, 0) is 9.47 Å². The lowest BCUT2D eigenvalue weighted by Gasteiger charge is -2.16. The summed E-state index contributed by atoms with van der Waals surface area (Å²) >= 11 is 3.39. The first-order valence-electron chi connectivity index (χ1n) is 4.76. The van der Waals surface area contributed by atoms with E-state index in [-0.39, 0.29) is 29.3 Å². The third kappa shape index (κ3) is 5.31. The third-order valence-electron chi connectivity index (χ3n) is 1.78. The van der Waals surface area contributed by atoms with Crippen LogP contribution in [0.3, 0.4) is 0 Å². The first-order valence-corrected chi connectivity index (χ1v) is 5.55. The standard InChI is InChI=1S/C11H15BrO2.Mg.2H/c1-3-13-11(14-4-2)9-5-7-10(12)8-6-9;;;/h5-8,11H,3-4H2,1-2H3;;;. The van der Waals surface area contributed by atoms with E-state index >= 15 is 0 Å². The monoisotopic (exact) mass is 284 g/mol. The van der Waals surface area contributed by atoms with Gasteiger partial charge in [-0.05, 0) is 26.0 Å². The van der Waals surface area contributed by atoms with Crippen LogP contribution >= 0.6 is 15.9 Å². The molecule has 0 bridgehead atoms. The highest BCUT2D eigenvalue weighted by molar-refractivity contribution is 9.10. The van der Waals surface area contributed by atoms with Gasteiger partial charge >= 0.3 is 23.1 Å². The van der Waals surface area contributed by atoms with Gasteiger partial charge in [0.15, 0.2) is 6.29 Å². The van der Waals surface area contributed by atoms with E-state index in [1.54, 1.807) is 0 Å². The second-order valence-corrected chi connectivity index (χ2v) is 3.71. The summed E-state index contributed by atoms with van der Waals surface area (Å²) in [5, 5.41) is 0. The number of rotatable bonds is 5. The summed E-state index contributed by atoms with van der Waals surface area (Å²) in [6.07, 6.45) is -0.238. The minimum absolute atomic E-state index is 0. The summed E-state index contributed by atoms with van der Waals surface area (Å²) in [5.41, 5.74) is 1.05. The van der Waals surface area contributed by atoms with E-state index in [0.717, 1.165) is 10.0 Å². The SMILES string of the molecule is CCOC(OCC)c1ccc(Br)cc1.[MgH2]. The lowest BCUT2D eigenvalue weighted by atomic mass is 10.2. The highest BCUT2D eigenvalue weighted by atomic mass is 79.9. The van der Waals surface area contributed by atoms with E-state index in [1.807, 2.05) is 38.1 Å². The molecule has 0 saturated heterocycles. The zero-order valence-electron chi connectivity index (χ0n) is 8.50. The Morgan fingerprint density at radius 1 is 1.07 bits per heavy atom. The van der Waals surface area contributed by atoms with Crippen LogP contribution in [0, 0.1) is 0 Å². The van der Waals surface area contributed by atoms with Gasteiger partial charge in [0.25, 0.3) is 0 Å². The smallest absolute Gasteiger partial charge is 0.316 e. The second-order valence-electron chi connectivity index (χ2n) is 2.79. The molecule has 4 heteroatoms. The molecule has 0 atom stereocenters. The number of hydrogen-bond acceptors (Lipinski definition) is 2. The fraction of sp³-hybridized carbons (Fsp3) is 0.455. The fourth-order valence-electron chi connectivity index (χ4n) is 1.16. The van der Waals surface area contributed by atoms with Crippen LogP contribution in [-0.4, -0.2) is 36.3 Å².